The molecule has 1 heterocycles. The van der Waals surface area contributed by atoms with Gasteiger partial charge in [0.2, 0.25) is 0 Å². The average Bonchev–Trinajstić information content (AvgIpc) is 2.31. The molecule has 2 N–H and O–H groups in total. The van der Waals surface area contributed by atoms with Gasteiger partial charge in [-0.1, -0.05) is 24.3 Å². The van der Waals surface area contributed by atoms with Gasteiger partial charge in [-0.05, 0) is 29.9 Å². The van der Waals surface area contributed by atoms with Crippen LogP contribution in [-0.2, 0) is 16.2 Å². The van der Waals surface area contributed by atoms with Crippen LogP contribution in [0, 0.1) is 0 Å². The monoisotopic (exact) mass is 207 g/mol. The molecule has 1 saturated heterocycles. The summed E-state index contributed by atoms with van der Waals surface area (Å²) in [4.78, 5) is 4.65. The fraction of sp³-hybridized carbons (Fsp3) is 0.500. The quantitative estimate of drug-likeness (QED) is 0.771. The summed E-state index contributed by atoms with van der Waals surface area (Å²) in [5.41, 5.74) is 2.52. The Balaban J connectivity index is 2.09. The smallest absolute Gasteiger partial charge is 0.0930 e. The van der Waals surface area contributed by atoms with E-state index in [2.05, 4.69) is 23.0 Å². The van der Waals surface area contributed by atoms with E-state index in [0.29, 0.717) is 12.5 Å². The third-order valence-corrected chi connectivity index (χ3v) is 2.89. The second-order valence-corrected chi connectivity index (χ2v) is 3.94. The van der Waals surface area contributed by atoms with Crippen molar-refractivity contribution in [1.82, 2.24) is 0 Å². The molecule has 0 saturated carbocycles. The molecule has 0 radical (unpaired) electrons. The minimum atomic E-state index is 0.483. The van der Waals surface area contributed by atoms with Crippen LogP contribution >= 0.6 is 0 Å². The number of ether oxygens (including phenoxy) is 1. The first-order chi connectivity index (χ1) is 7.40. The second kappa shape index (κ2) is 5.26. The first-order valence-corrected chi connectivity index (χ1v) is 5.38. The average molecular weight is 207 g/mol. The van der Waals surface area contributed by atoms with Crippen LogP contribution in [0.25, 0.3) is 0 Å². The van der Waals surface area contributed by atoms with Crippen molar-refractivity contribution in [2.75, 3.05) is 13.2 Å². The topological polar surface area (TPSA) is 44.5 Å². The van der Waals surface area contributed by atoms with Gasteiger partial charge in [-0.25, -0.2) is 5.90 Å². The normalized spacial score (nSPS) is 17.9. The van der Waals surface area contributed by atoms with E-state index in [1.807, 2.05) is 6.07 Å². The van der Waals surface area contributed by atoms with Crippen LogP contribution in [0.2, 0.25) is 0 Å². The lowest BCUT2D eigenvalue weighted by Gasteiger charge is -2.22. The molecule has 1 fully saturated rings. The molecule has 0 atom stereocenters. The molecule has 0 aliphatic carbocycles. The molecule has 0 amide bonds. The summed E-state index contributed by atoms with van der Waals surface area (Å²) in [6, 6.07) is 8.47. The number of nitrogens with two attached hydrogens (primary N) is 1. The maximum Gasteiger partial charge on any atom is 0.0930 e. The first-order valence-electron chi connectivity index (χ1n) is 5.38. The van der Waals surface area contributed by atoms with Gasteiger partial charge in [0, 0.05) is 13.2 Å². The molecule has 0 unspecified atom stereocenters. The number of rotatable bonds is 3. The van der Waals surface area contributed by atoms with E-state index in [1.165, 1.54) is 5.56 Å². The van der Waals surface area contributed by atoms with Gasteiger partial charge in [-0.3, -0.25) is 4.84 Å². The van der Waals surface area contributed by atoms with E-state index in [4.69, 9.17) is 10.6 Å². The summed E-state index contributed by atoms with van der Waals surface area (Å²) in [6.45, 7) is 2.24. The molecule has 1 aliphatic heterocycles. The van der Waals surface area contributed by atoms with Crippen LogP contribution < -0.4 is 5.90 Å². The molecular formula is C12H17NO2. The van der Waals surface area contributed by atoms with Crippen LogP contribution in [0.15, 0.2) is 24.3 Å². The number of hydrogen-bond donors (Lipinski definition) is 1. The van der Waals surface area contributed by atoms with Crippen LogP contribution in [0.5, 0.6) is 0 Å². The highest BCUT2D eigenvalue weighted by Crippen LogP contribution is 2.27. The van der Waals surface area contributed by atoms with Crippen molar-refractivity contribution >= 4 is 0 Å². The molecule has 82 valence electrons. The zero-order valence-corrected chi connectivity index (χ0v) is 8.82. The molecule has 15 heavy (non-hydrogen) atoms. The van der Waals surface area contributed by atoms with E-state index in [-0.39, 0.29) is 0 Å². The van der Waals surface area contributed by atoms with E-state index in [1.54, 1.807) is 0 Å². The highest BCUT2D eigenvalue weighted by atomic mass is 16.6. The van der Waals surface area contributed by atoms with Gasteiger partial charge >= 0.3 is 0 Å². The Morgan fingerprint density at radius 2 is 2.13 bits per heavy atom. The summed E-state index contributed by atoms with van der Waals surface area (Å²) < 4.78 is 5.35. The molecule has 1 aromatic carbocycles. The molecule has 3 heteroatoms. The van der Waals surface area contributed by atoms with E-state index in [0.717, 1.165) is 31.6 Å². The molecule has 0 spiro atoms. The van der Waals surface area contributed by atoms with Crippen LogP contribution in [0.1, 0.15) is 29.9 Å². The first kappa shape index (κ1) is 10.6. The Hall–Kier alpha value is -0.900. The van der Waals surface area contributed by atoms with Gasteiger partial charge in [0.25, 0.3) is 0 Å². The van der Waals surface area contributed by atoms with Crippen molar-refractivity contribution in [3.63, 3.8) is 0 Å². The lowest BCUT2D eigenvalue weighted by atomic mass is 9.91. The fourth-order valence-corrected chi connectivity index (χ4v) is 2.06. The third-order valence-electron chi connectivity index (χ3n) is 2.89. The van der Waals surface area contributed by atoms with Crippen molar-refractivity contribution in [2.24, 2.45) is 5.90 Å². The maximum absolute atomic E-state index is 5.35. The Morgan fingerprint density at radius 3 is 2.87 bits per heavy atom. The lowest BCUT2D eigenvalue weighted by molar-refractivity contribution is 0.0852. The van der Waals surface area contributed by atoms with Gasteiger partial charge in [0.05, 0.1) is 6.61 Å². The zero-order valence-electron chi connectivity index (χ0n) is 8.82. The molecule has 1 aromatic rings. The highest BCUT2D eigenvalue weighted by Gasteiger charge is 2.15. The largest absolute Gasteiger partial charge is 0.381 e. The van der Waals surface area contributed by atoms with Crippen molar-refractivity contribution in [3.8, 4) is 0 Å². The Kier molecular flexibility index (Phi) is 3.72. The van der Waals surface area contributed by atoms with Crippen molar-refractivity contribution in [1.29, 1.82) is 0 Å². The number of hydrogen-bond acceptors (Lipinski definition) is 3. The van der Waals surface area contributed by atoms with Crippen LogP contribution in [0.3, 0.4) is 0 Å². The summed E-state index contributed by atoms with van der Waals surface area (Å²) in [6.07, 6.45) is 2.24. The zero-order chi connectivity index (χ0) is 10.5. The van der Waals surface area contributed by atoms with E-state index in [9.17, 15) is 0 Å². The molecule has 2 rings (SSSR count). The van der Waals surface area contributed by atoms with Crippen molar-refractivity contribution < 1.29 is 9.57 Å². The van der Waals surface area contributed by atoms with E-state index < -0.39 is 0 Å². The lowest BCUT2D eigenvalue weighted by Crippen LogP contribution is -2.14. The van der Waals surface area contributed by atoms with Gasteiger partial charge in [0.15, 0.2) is 0 Å². The van der Waals surface area contributed by atoms with Gasteiger partial charge < -0.3 is 4.74 Å². The third kappa shape index (κ3) is 2.78. The van der Waals surface area contributed by atoms with Crippen molar-refractivity contribution in [3.05, 3.63) is 35.4 Å². The Bertz CT molecular complexity index is 308. The van der Waals surface area contributed by atoms with Gasteiger partial charge in [-0.2, -0.15) is 0 Å². The second-order valence-electron chi connectivity index (χ2n) is 3.94. The minimum Gasteiger partial charge on any atom is -0.381 e. The molecule has 0 aromatic heterocycles. The van der Waals surface area contributed by atoms with Gasteiger partial charge in [0.1, 0.15) is 0 Å². The summed E-state index contributed by atoms with van der Waals surface area (Å²) in [7, 11) is 0. The molecule has 1 aliphatic rings. The summed E-state index contributed by atoms with van der Waals surface area (Å²) in [5.74, 6) is 5.70. The highest BCUT2D eigenvalue weighted by molar-refractivity contribution is 5.26. The molecule has 3 nitrogen and oxygen atoms in total. The number of benzene rings is 1. The Labute approximate surface area is 90.1 Å². The van der Waals surface area contributed by atoms with E-state index >= 15 is 0 Å². The summed E-state index contributed by atoms with van der Waals surface area (Å²) in [5, 5.41) is 0. The molecule has 0 bridgehead atoms. The maximum atomic E-state index is 5.35. The van der Waals surface area contributed by atoms with Crippen molar-refractivity contribution in [2.45, 2.75) is 25.4 Å². The van der Waals surface area contributed by atoms with Crippen LogP contribution in [0.4, 0.5) is 0 Å². The minimum absolute atomic E-state index is 0.483. The van der Waals surface area contributed by atoms with Crippen LogP contribution in [-0.4, -0.2) is 13.2 Å². The molecular weight excluding hydrogens is 190 g/mol. The predicted octanol–water partition coefficient (Wildman–Crippen LogP) is 1.97. The standard InChI is InChI=1S/C12H17NO2/c13-15-9-10-2-1-3-12(8-10)11-4-6-14-7-5-11/h1-3,8,11H,4-7,9,13H2. The fourth-order valence-electron chi connectivity index (χ4n) is 2.06. The van der Waals surface area contributed by atoms with Gasteiger partial charge in [-0.15, -0.1) is 0 Å². The SMILES string of the molecule is NOCc1cccc(C2CCOCC2)c1. The Morgan fingerprint density at radius 1 is 1.33 bits per heavy atom. The summed E-state index contributed by atoms with van der Waals surface area (Å²) >= 11 is 0. The predicted molar refractivity (Wildman–Crippen MR) is 58.2 cm³/mol.